The molecule has 328 valence electrons. The number of anilines is 2. The van der Waals surface area contributed by atoms with Crippen molar-refractivity contribution >= 4 is 51.8 Å². The van der Waals surface area contributed by atoms with E-state index in [1.807, 2.05) is 30.3 Å². The van der Waals surface area contributed by atoms with Crippen LogP contribution in [0.1, 0.15) is 40.9 Å². The number of aliphatic hydroxyl groups is 9. The number of carbonyl (C=O) groups is 2. The molecule has 2 amide bonds. The number of rotatable bonds is 25. The van der Waals surface area contributed by atoms with Gasteiger partial charge in [-0.2, -0.15) is 0 Å². The zero-order valence-corrected chi connectivity index (χ0v) is 33.1. The second-order valence-corrected chi connectivity index (χ2v) is 14.6. The Kier molecular flexibility index (Phi) is 20.0. The van der Waals surface area contributed by atoms with Crippen LogP contribution in [0.25, 0.3) is 10.8 Å². The molecule has 22 heteroatoms. The van der Waals surface area contributed by atoms with E-state index >= 15 is 0 Å². The molecule has 59 heavy (non-hydrogen) atoms. The number of aliphatic hydroxyl groups excluding tert-OH is 9. The summed E-state index contributed by atoms with van der Waals surface area (Å²) in [6.07, 6.45) is -9.28. The molecule has 1 heterocycles. The molecule has 19 N–H and O–H groups in total. The predicted octanol–water partition coefficient (Wildman–Crippen LogP) is -4.09. The van der Waals surface area contributed by atoms with E-state index in [0.717, 1.165) is 34.7 Å². The lowest BCUT2D eigenvalue weighted by molar-refractivity contribution is -0.123. The van der Waals surface area contributed by atoms with Gasteiger partial charge in [0.2, 0.25) is 5.91 Å². The number of nitrogens with two attached hydrogens (primary N) is 3. The standard InChI is InChI=1S/C37H57ClN10O11/c38-32-34(40)46-33(39)28(45-32)36(59)47-37(42)44-9-2-1-4-19-5-7-22-13-20(6-8-21(22)12-19)14-23(35(41)58)43-10-3-11-48(15-24(51)29(55)26(53)17-49)16-25(52)30(56)31(57)27(54)18-50/h5-8,12-13,23-27,29-31,43,49-57H,1-4,9-11,14-18H2,(H2,41,58)(H4,39,40,46)(H3,42,44,47,59)/t23?,24-,25-,26+,27+,29+,30+,31+/m0/s1. The van der Waals surface area contributed by atoms with Gasteiger partial charge in [0.15, 0.2) is 28.4 Å². The number of amides is 2. The third-order valence-electron chi connectivity index (χ3n) is 9.54. The molecule has 0 saturated heterocycles. The number of unbranched alkanes of at least 4 members (excludes halogenated alkanes) is 1. The molecular formula is C37H57ClN10O11. The van der Waals surface area contributed by atoms with Gasteiger partial charge in [0.1, 0.15) is 30.5 Å². The van der Waals surface area contributed by atoms with Gasteiger partial charge in [-0.05, 0) is 67.1 Å². The molecule has 0 fully saturated rings. The zero-order chi connectivity index (χ0) is 43.8. The van der Waals surface area contributed by atoms with Crippen molar-refractivity contribution in [3.63, 3.8) is 0 Å². The molecule has 0 radical (unpaired) electrons. The molecule has 0 bridgehead atoms. The summed E-state index contributed by atoms with van der Waals surface area (Å²) < 4.78 is 0. The Morgan fingerprint density at radius 3 is 1.97 bits per heavy atom. The smallest absolute Gasteiger partial charge is 0.280 e. The number of guanidine groups is 1. The monoisotopic (exact) mass is 852 g/mol. The maximum atomic E-state index is 12.4. The Morgan fingerprint density at radius 2 is 1.34 bits per heavy atom. The van der Waals surface area contributed by atoms with Crippen molar-refractivity contribution < 1.29 is 55.5 Å². The van der Waals surface area contributed by atoms with Gasteiger partial charge in [-0.15, -0.1) is 0 Å². The second-order valence-electron chi connectivity index (χ2n) is 14.2. The van der Waals surface area contributed by atoms with Crippen LogP contribution in [-0.4, -0.2) is 173 Å². The molecular weight excluding hydrogens is 796 g/mol. The number of nitrogens with zero attached hydrogens (tertiary/aromatic N) is 3. The van der Waals surface area contributed by atoms with Crippen LogP contribution in [0.3, 0.4) is 0 Å². The lowest BCUT2D eigenvalue weighted by Gasteiger charge is -2.33. The normalized spacial score (nSPS) is 15.8. The van der Waals surface area contributed by atoms with E-state index in [1.165, 1.54) is 4.90 Å². The lowest BCUT2D eigenvalue weighted by Crippen LogP contribution is -2.52. The van der Waals surface area contributed by atoms with E-state index in [0.29, 0.717) is 19.4 Å². The minimum Gasteiger partial charge on any atom is -0.394 e. The Hall–Kier alpha value is -4.36. The Labute approximate surface area is 345 Å². The van der Waals surface area contributed by atoms with Crippen LogP contribution < -0.4 is 33.2 Å². The number of hydrogen-bond donors (Lipinski definition) is 16. The molecule has 0 aliphatic rings. The van der Waals surface area contributed by atoms with Crippen LogP contribution in [0, 0.1) is 5.41 Å². The van der Waals surface area contributed by atoms with E-state index in [-0.39, 0.29) is 61.0 Å². The summed E-state index contributed by atoms with van der Waals surface area (Å²) >= 11 is 5.82. The van der Waals surface area contributed by atoms with Gasteiger partial charge in [0, 0.05) is 19.6 Å². The first-order valence-electron chi connectivity index (χ1n) is 18.9. The van der Waals surface area contributed by atoms with Crippen LogP contribution in [0.5, 0.6) is 0 Å². The van der Waals surface area contributed by atoms with Crippen molar-refractivity contribution in [1.29, 1.82) is 5.41 Å². The number of carbonyl (C=O) groups excluding carboxylic acids is 2. The first-order chi connectivity index (χ1) is 27.9. The number of benzene rings is 2. The molecule has 0 spiro atoms. The maximum absolute atomic E-state index is 12.4. The molecule has 0 aliphatic heterocycles. The molecule has 0 aliphatic carbocycles. The average Bonchev–Trinajstić information content (AvgIpc) is 3.21. The van der Waals surface area contributed by atoms with E-state index in [4.69, 9.17) is 44.4 Å². The summed E-state index contributed by atoms with van der Waals surface area (Å²) in [5.41, 5.74) is 18.6. The molecule has 0 saturated carbocycles. The maximum Gasteiger partial charge on any atom is 0.280 e. The molecule has 3 rings (SSSR count). The fourth-order valence-electron chi connectivity index (χ4n) is 6.14. The predicted molar refractivity (Wildman–Crippen MR) is 218 cm³/mol. The average molecular weight is 853 g/mol. The third kappa shape index (κ3) is 15.3. The topological polar surface area (TPSA) is 383 Å². The van der Waals surface area contributed by atoms with Crippen LogP contribution >= 0.6 is 11.6 Å². The quantitative estimate of drug-likeness (QED) is 0.0219. The van der Waals surface area contributed by atoms with Gasteiger partial charge in [0.05, 0.1) is 31.5 Å². The highest BCUT2D eigenvalue weighted by Gasteiger charge is 2.33. The molecule has 3 aromatic rings. The first-order valence-corrected chi connectivity index (χ1v) is 19.3. The zero-order valence-electron chi connectivity index (χ0n) is 32.4. The van der Waals surface area contributed by atoms with Crippen molar-refractivity contribution in [2.75, 3.05) is 57.4 Å². The van der Waals surface area contributed by atoms with E-state index in [2.05, 4.69) is 32.0 Å². The van der Waals surface area contributed by atoms with Gasteiger partial charge in [-0.1, -0.05) is 48.0 Å². The Bertz CT molecular complexity index is 1830. The highest BCUT2D eigenvalue weighted by atomic mass is 35.5. The van der Waals surface area contributed by atoms with Crippen molar-refractivity contribution in [2.45, 2.75) is 80.9 Å². The summed E-state index contributed by atoms with van der Waals surface area (Å²) in [6.45, 7) is -1.62. The number of aromatic nitrogens is 2. The van der Waals surface area contributed by atoms with Gasteiger partial charge < -0.3 is 73.8 Å². The number of nitrogens with one attached hydrogen (secondary N) is 4. The molecule has 8 atom stereocenters. The summed E-state index contributed by atoms with van der Waals surface area (Å²) in [5, 5.41) is 107. The van der Waals surface area contributed by atoms with Crippen molar-refractivity contribution in [3.05, 3.63) is 58.4 Å². The van der Waals surface area contributed by atoms with Crippen LogP contribution in [0.2, 0.25) is 5.15 Å². The van der Waals surface area contributed by atoms with Crippen molar-refractivity contribution in [1.82, 2.24) is 30.8 Å². The highest BCUT2D eigenvalue weighted by molar-refractivity contribution is 6.31. The van der Waals surface area contributed by atoms with Crippen LogP contribution in [-0.2, 0) is 17.6 Å². The number of primary amides is 1. The van der Waals surface area contributed by atoms with Gasteiger partial charge in [-0.25, -0.2) is 9.97 Å². The summed E-state index contributed by atoms with van der Waals surface area (Å²) in [4.78, 5) is 33.8. The van der Waals surface area contributed by atoms with Gasteiger partial charge in [-0.3, -0.25) is 25.2 Å². The van der Waals surface area contributed by atoms with Gasteiger partial charge >= 0.3 is 0 Å². The Morgan fingerprint density at radius 1 is 0.763 bits per heavy atom. The van der Waals surface area contributed by atoms with E-state index in [9.17, 15) is 45.3 Å². The number of hydrogen-bond acceptors (Lipinski definition) is 18. The minimum atomic E-state index is -1.88. The van der Waals surface area contributed by atoms with Crippen molar-refractivity contribution in [3.8, 4) is 0 Å². The van der Waals surface area contributed by atoms with E-state index in [1.54, 1.807) is 0 Å². The molecule has 2 aromatic carbocycles. The molecule has 21 nitrogen and oxygen atoms in total. The minimum absolute atomic E-state index is 0.111. The number of fused-ring (bicyclic) bond motifs is 1. The Balaban J connectivity index is 1.50. The fourth-order valence-corrected chi connectivity index (χ4v) is 6.26. The largest absolute Gasteiger partial charge is 0.394 e. The SMILES string of the molecule is N=C(NCCCCc1ccc2cc(CC(NCCCN(C[C@H](O)[C@@H](O)[C@H](O)[C@H](O)CO)C[C@H](O)[C@@H](O)[C@H](O)CO)C(N)=O)ccc2c1)NC(=O)c1nc(Cl)c(N)nc1N. The fraction of sp³-hybridized carbons (Fsp3) is 0.541. The summed E-state index contributed by atoms with van der Waals surface area (Å²) in [5.74, 6) is -1.90. The number of aryl methyl sites for hydroxylation is 1. The van der Waals surface area contributed by atoms with Crippen LogP contribution in [0.15, 0.2) is 36.4 Å². The molecule has 1 aromatic heterocycles. The summed E-state index contributed by atoms with van der Waals surface area (Å²) in [7, 11) is 0. The van der Waals surface area contributed by atoms with E-state index < -0.39 is 73.8 Å². The third-order valence-corrected chi connectivity index (χ3v) is 9.82. The summed E-state index contributed by atoms with van der Waals surface area (Å²) in [6, 6.07) is 11.1. The van der Waals surface area contributed by atoms with Crippen LogP contribution in [0.4, 0.5) is 11.6 Å². The van der Waals surface area contributed by atoms with Gasteiger partial charge in [0.25, 0.3) is 5.91 Å². The highest BCUT2D eigenvalue weighted by Crippen LogP contribution is 2.21. The first kappa shape index (κ1) is 49.0. The van der Waals surface area contributed by atoms with Crippen molar-refractivity contribution in [2.24, 2.45) is 5.73 Å². The molecule has 1 unspecified atom stereocenters. The second kappa shape index (κ2) is 24.0. The number of halogens is 1. The number of nitrogen functional groups attached to an aromatic ring is 2. The lowest BCUT2D eigenvalue weighted by atomic mass is 9.98.